The number of nitrogens with zero attached hydrogens (tertiary/aromatic N) is 2. The van der Waals surface area contributed by atoms with Gasteiger partial charge in [0.15, 0.2) is 5.65 Å². The molecule has 0 spiro atoms. The van der Waals surface area contributed by atoms with Crippen LogP contribution in [-0.4, -0.2) is 15.7 Å². The number of hydrogen-bond acceptors (Lipinski definition) is 4. The Balaban J connectivity index is 2.17. The number of ether oxygens (including phenoxy) is 1. The summed E-state index contributed by atoms with van der Waals surface area (Å²) in [5.41, 5.74) is 3.02. The van der Waals surface area contributed by atoms with Crippen LogP contribution in [0.5, 0.6) is 5.75 Å². The van der Waals surface area contributed by atoms with Gasteiger partial charge in [-0.15, -0.1) is 12.6 Å². The summed E-state index contributed by atoms with van der Waals surface area (Å²) in [7, 11) is 0. The van der Waals surface area contributed by atoms with Crippen LogP contribution in [0.15, 0.2) is 46.2 Å². The lowest BCUT2D eigenvalue weighted by molar-refractivity contribution is 0.257. The Bertz CT molecular complexity index is 994. The topological polar surface area (TPSA) is 44.1 Å². The molecule has 4 nitrogen and oxygen atoms in total. The first-order chi connectivity index (χ1) is 11.1. The van der Waals surface area contributed by atoms with Gasteiger partial charge in [-0.25, -0.2) is 4.98 Å². The third kappa shape index (κ3) is 2.07. The monoisotopic (exact) mass is 324 g/mol. The molecule has 0 bridgehead atoms. The maximum atomic E-state index is 13.1. The smallest absolute Gasteiger partial charge is 0.263 e. The molecule has 1 unspecified atom stereocenters. The predicted octanol–water partition coefficient (Wildman–Crippen LogP) is 3.31. The molecule has 1 aliphatic rings. The molecule has 1 aliphatic heterocycles. The fraction of sp³-hybridized carbons (Fsp3) is 0.222. The van der Waals surface area contributed by atoms with Crippen molar-refractivity contribution in [3.05, 3.63) is 58.0 Å². The molecule has 3 heterocycles. The van der Waals surface area contributed by atoms with Crippen molar-refractivity contribution in [2.24, 2.45) is 0 Å². The minimum atomic E-state index is -0.0727. The van der Waals surface area contributed by atoms with Crippen molar-refractivity contribution >= 4 is 23.7 Å². The minimum absolute atomic E-state index is 0.00457. The molecule has 4 rings (SSSR count). The van der Waals surface area contributed by atoms with Crippen LogP contribution < -0.4 is 10.3 Å². The summed E-state index contributed by atoms with van der Waals surface area (Å²) in [5.74, 6) is 0.676. The number of benzene rings is 1. The van der Waals surface area contributed by atoms with E-state index in [9.17, 15) is 4.79 Å². The van der Waals surface area contributed by atoms with Gasteiger partial charge in [-0.1, -0.05) is 12.1 Å². The number of thiol groups is 1. The van der Waals surface area contributed by atoms with Gasteiger partial charge >= 0.3 is 0 Å². The molecule has 0 saturated heterocycles. The van der Waals surface area contributed by atoms with Gasteiger partial charge in [0.2, 0.25) is 0 Å². The summed E-state index contributed by atoms with van der Waals surface area (Å²) in [4.78, 5) is 18.3. The fourth-order valence-corrected chi connectivity index (χ4v) is 3.38. The van der Waals surface area contributed by atoms with E-state index in [2.05, 4.69) is 17.6 Å². The highest BCUT2D eigenvalue weighted by Crippen LogP contribution is 2.35. The second-order valence-electron chi connectivity index (χ2n) is 5.90. The molecule has 5 heteroatoms. The van der Waals surface area contributed by atoms with E-state index in [1.54, 1.807) is 10.8 Å². The maximum Gasteiger partial charge on any atom is 0.263 e. The van der Waals surface area contributed by atoms with Gasteiger partial charge in [-0.3, -0.25) is 9.36 Å². The first-order valence-corrected chi connectivity index (χ1v) is 8.01. The molecule has 116 valence electrons. The molecule has 0 N–H and O–H groups in total. The maximum absolute atomic E-state index is 13.1. The molecular formula is C18H16N2O2S. The first kappa shape index (κ1) is 14.3. The predicted molar refractivity (Wildman–Crippen MR) is 93.1 cm³/mol. The van der Waals surface area contributed by atoms with E-state index >= 15 is 0 Å². The van der Waals surface area contributed by atoms with E-state index < -0.39 is 0 Å². The number of aryl methyl sites for hydroxylation is 1. The lowest BCUT2D eigenvalue weighted by atomic mass is 10.1. The van der Waals surface area contributed by atoms with Gasteiger partial charge < -0.3 is 4.74 Å². The Morgan fingerprint density at radius 1 is 1.30 bits per heavy atom. The summed E-state index contributed by atoms with van der Waals surface area (Å²) < 4.78 is 7.53. The van der Waals surface area contributed by atoms with Crippen molar-refractivity contribution in [2.75, 3.05) is 0 Å². The highest BCUT2D eigenvalue weighted by Gasteiger charge is 2.28. The standard InChI is InChI=1S/C18H16N2O2S/c1-10-5-3-7-14(16(10)23)20-17-12(6-4-8-19-17)15-13(18(20)21)9-11(2)22-15/h3-8,11,23H,9H2,1-2H3. The summed E-state index contributed by atoms with van der Waals surface area (Å²) >= 11 is 4.60. The average molecular weight is 324 g/mol. The molecule has 0 saturated carbocycles. The zero-order chi connectivity index (χ0) is 16.1. The Kier molecular flexibility index (Phi) is 3.20. The van der Waals surface area contributed by atoms with E-state index in [0.29, 0.717) is 23.4 Å². The van der Waals surface area contributed by atoms with Gasteiger partial charge in [0.05, 0.1) is 16.6 Å². The summed E-state index contributed by atoms with van der Waals surface area (Å²) in [6.45, 7) is 3.95. The quantitative estimate of drug-likeness (QED) is 0.699. The summed E-state index contributed by atoms with van der Waals surface area (Å²) in [6, 6.07) is 9.62. The Hall–Kier alpha value is -2.27. The fourth-order valence-electron chi connectivity index (χ4n) is 3.14. The molecule has 3 aromatic rings. The molecule has 1 atom stereocenters. The molecular weight excluding hydrogens is 308 g/mol. The lowest BCUT2D eigenvalue weighted by Crippen LogP contribution is -2.23. The van der Waals surface area contributed by atoms with Crippen molar-refractivity contribution in [2.45, 2.75) is 31.3 Å². The average Bonchev–Trinajstić information content (AvgIpc) is 2.94. The third-order valence-electron chi connectivity index (χ3n) is 4.25. The SMILES string of the molecule is Cc1cccc(-n2c(=O)c3c(c4cccnc42)OC(C)C3)c1S. The molecule has 0 amide bonds. The van der Waals surface area contributed by atoms with E-state index in [-0.39, 0.29) is 11.7 Å². The van der Waals surface area contributed by atoms with Crippen molar-refractivity contribution in [3.8, 4) is 11.4 Å². The number of rotatable bonds is 1. The first-order valence-electron chi connectivity index (χ1n) is 7.56. The van der Waals surface area contributed by atoms with E-state index in [4.69, 9.17) is 4.74 Å². The van der Waals surface area contributed by atoms with Crippen molar-refractivity contribution in [1.29, 1.82) is 0 Å². The molecule has 0 radical (unpaired) electrons. The molecule has 0 aliphatic carbocycles. The number of fused-ring (bicyclic) bond motifs is 3. The molecule has 1 aromatic carbocycles. The summed E-state index contributed by atoms with van der Waals surface area (Å²) in [5, 5.41) is 0.862. The highest BCUT2D eigenvalue weighted by molar-refractivity contribution is 7.80. The van der Waals surface area contributed by atoms with Gasteiger partial charge in [0.1, 0.15) is 11.9 Å². The lowest BCUT2D eigenvalue weighted by Gasteiger charge is -2.15. The van der Waals surface area contributed by atoms with Gasteiger partial charge in [0.25, 0.3) is 5.56 Å². The van der Waals surface area contributed by atoms with E-state index in [1.807, 2.05) is 44.2 Å². The van der Waals surface area contributed by atoms with Crippen LogP contribution >= 0.6 is 12.6 Å². The number of pyridine rings is 2. The largest absolute Gasteiger partial charge is 0.489 e. The minimum Gasteiger partial charge on any atom is -0.489 e. The highest BCUT2D eigenvalue weighted by atomic mass is 32.1. The zero-order valence-corrected chi connectivity index (χ0v) is 13.8. The van der Waals surface area contributed by atoms with E-state index in [0.717, 1.165) is 21.5 Å². The molecule has 23 heavy (non-hydrogen) atoms. The number of aromatic nitrogens is 2. The van der Waals surface area contributed by atoms with Crippen LogP contribution in [0.25, 0.3) is 16.7 Å². The van der Waals surface area contributed by atoms with Crippen LogP contribution in [-0.2, 0) is 6.42 Å². The Morgan fingerprint density at radius 2 is 2.13 bits per heavy atom. The molecule has 0 fully saturated rings. The second kappa shape index (κ2) is 5.13. The van der Waals surface area contributed by atoms with Gasteiger partial charge in [-0.05, 0) is 37.6 Å². The van der Waals surface area contributed by atoms with Crippen molar-refractivity contribution in [3.63, 3.8) is 0 Å². The van der Waals surface area contributed by atoms with Crippen LogP contribution in [0.3, 0.4) is 0 Å². The normalized spacial score (nSPS) is 16.4. The van der Waals surface area contributed by atoms with Crippen LogP contribution in [0, 0.1) is 6.92 Å². The second-order valence-corrected chi connectivity index (χ2v) is 6.35. The van der Waals surface area contributed by atoms with Gasteiger partial charge in [0, 0.05) is 17.5 Å². The van der Waals surface area contributed by atoms with Crippen LogP contribution in [0.4, 0.5) is 0 Å². The van der Waals surface area contributed by atoms with Gasteiger partial charge in [-0.2, -0.15) is 0 Å². The molecule has 2 aromatic heterocycles. The third-order valence-corrected chi connectivity index (χ3v) is 4.83. The Morgan fingerprint density at radius 3 is 2.96 bits per heavy atom. The van der Waals surface area contributed by atoms with Crippen molar-refractivity contribution in [1.82, 2.24) is 9.55 Å². The van der Waals surface area contributed by atoms with Crippen molar-refractivity contribution < 1.29 is 4.74 Å². The van der Waals surface area contributed by atoms with Crippen LogP contribution in [0.1, 0.15) is 18.1 Å². The Labute approximate surface area is 139 Å². The summed E-state index contributed by atoms with van der Waals surface area (Å²) in [6.07, 6.45) is 2.31. The van der Waals surface area contributed by atoms with Crippen LogP contribution in [0.2, 0.25) is 0 Å². The number of hydrogen-bond donors (Lipinski definition) is 1. The zero-order valence-electron chi connectivity index (χ0n) is 12.9. The van der Waals surface area contributed by atoms with E-state index in [1.165, 1.54) is 0 Å².